The highest BCUT2D eigenvalue weighted by Gasteiger charge is 2.09. The lowest BCUT2D eigenvalue weighted by molar-refractivity contribution is -0.0237. The molecule has 62 valence electrons. The van der Waals surface area contributed by atoms with E-state index in [4.69, 9.17) is 9.63 Å². The van der Waals surface area contributed by atoms with Crippen molar-refractivity contribution >= 4 is 7.60 Å². The summed E-state index contributed by atoms with van der Waals surface area (Å²) >= 11 is 0. The summed E-state index contributed by atoms with van der Waals surface area (Å²) in [5.74, 6) is 0. The van der Waals surface area contributed by atoms with Gasteiger partial charge in [0.2, 0.25) is 0 Å². The Morgan fingerprint density at radius 2 is 2.10 bits per heavy atom. The van der Waals surface area contributed by atoms with Crippen LogP contribution in [0.2, 0.25) is 0 Å². The van der Waals surface area contributed by atoms with Crippen LogP contribution in [0.4, 0.5) is 0 Å². The first-order chi connectivity index (χ1) is 4.42. The average molecular weight is 168 g/mol. The third-order valence-electron chi connectivity index (χ3n) is 0.694. The Morgan fingerprint density at radius 3 is 2.40 bits per heavy atom. The van der Waals surface area contributed by atoms with Gasteiger partial charge in [-0.2, -0.15) is 0 Å². The minimum Gasteiger partial charge on any atom is -0.352 e. The zero-order valence-corrected chi connectivity index (χ0v) is 7.30. The van der Waals surface area contributed by atoms with Crippen molar-refractivity contribution in [3.63, 3.8) is 0 Å². The van der Waals surface area contributed by atoms with Crippen molar-refractivity contribution in [1.82, 2.24) is 0 Å². The van der Waals surface area contributed by atoms with Gasteiger partial charge in [-0.1, -0.05) is 0 Å². The number of hydrogen-bond acceptors (Lipinski definition) is 3. The molecule has 0 aliphatic heterocycles. The smallest absolute Gasteiger partial charge is 0.327 e. The summed E-state index contributed by atoms with van der Waals surface area (Å²) in [6.07, 6.45) is 0.0200. The monoisotopic (exact) mass is 168 g/mol. The molecule has 0 fully saturated rings. The molecule has 0 aliphatic carbocycles. The molecule has 0 aromatic heterocycles. The van der Waals surface area contributed by atoms with E-state index < -0.39 is 7.60 Å². The summed E-state index contributed by atoms with van der Waals surface area (Å²) in [5, 5.41) is 0. The fourth-order valence-electron chi connectivity index (χ4n) is 0.264. The van der Waals surface area contributed by atoms with Crippen molar-refractivity contribution in [3.8, 4) is 0 Å². The highest BCUT2D eigenvalue weighted by atomic mass is 31.2. The zero-order valence-electron chi connectivity index (χ0n) is 6.40. The van der Waals surface area contributed by atoms with Gasteiger partial charge in [0.15, 0.2) is 6.79 Å². The van der Waals surface area contributed by atoms with E-state index in [1.54, 1.807) is 0 Å². The van der Waals surface area contributed by atoms with E-state index in [-0.39, 0.29) is 12.9 Å². The van der Waals surface area contributed by atoms with Gasteiger partial charge >= 0.3 is 7.60 Å². The minimum atomic E-state index is -3.35. The largest absolute Gasteiger partial charge is 0.352 e. The van der Waals surface area contributed by atoms with Crippen LogP contribution in [-0.4, -0.2) is 24.5 Å². The first-order valence-corrected chi connectivity index (χ1v) is 5.00. The zero-order chi connectivity index (χ0) is 8.20. The highest BCUT2D eigenvalue weighted by molar-refractivity contribution is 7.51. The van der Waals surface area contributed by atoms with Gasteiger partial charge in [-0.15, -0.1) is 0 Å². The molecular weight excluding hydrogens is 155 g/mol. The van der Waals surface area contributed by atoms with Gasteiger partial charge in [-0.25, -0.2) is 0 Å². The molecule has 0 aliphatic rings. The van der Waals surface area contributed by atoms with Crippen LogP contribution in [0.3, 0.4) is 0 Å². The Bertz CT molecular complexity index is 128. The third-order valence-corrected chi connectivity index (χ3v) is 1.28. The van der Waals surface area contributed by atoms with Crippen LogP contribution >= 0.6 is 7.60 Å². The van der Waals surface area contributed by atoms with Gasteiger partial charge in [0.05, 0.1) is 6.10 Å². The first-order valence-electron chi connectivity index (χ1n) is 2.98. The van der Waals surface area contributed by atoms with Crippen molar-refractivity contribution in [2.75, 3.05) is 13.5 Å². The van der Waals surface area contributed by atoms with Gasteiger partial charge in [0.1, 0.15) is 0 Å². The highest BCUT2D eigenvalue weighted by Crippen LogP contribution is 2.36. The molecule has 10 heavy (non-hydrogen) atoms. The number of hydrogen-bond donors (Lipinski definition) is 1. The predicted molar refractivity (Wildman–Crippen MR) is 37.9 cm³/mol. The predicted octanol–water partition coefficient (Wildman–Crippen LogP) is 1.20. The second kappa shape index (κ2) is 4.09. The topological polar surface area (TPSA) is 55.8 Å². The van der Waals surface area contributed by atoms with Gasteiger partial charge in [-0.3, -0.25) is 9.09 Å². The molecule has 0 aromatic rings. The molecule has 1 unspecified atom stereocenters. The molecule has 1 atom stereocenters. The Kier molecular flexibility index (Phi) is 4.13. The lowest BCUT2D eigenvalue weighted by Gasteiger charge is -2.09. The number of rotatable bonds is 4. The van der Waals surface area contributed by atoms with Crippen molar-refractivity contribution in [2.45, 2.75) is 20.0 Å². The maximum atomic E-state index is 10.4. The summed E-state index contributed by atoms with van der Waals surface area (Å²) < 4.78 is 19.7. The van der Waals surface area contributed by atoms with Gasteiger partial charge in [-0.05, 0) is 13.8 Å². The molecule has 1 N–H and O–H groups in total. The standard InChI is InChI=1S/C5H13O4P/c1-5(2)8-4-9-10(3,6)7/h5H,4H2,1-3H3,(H,6,7). The molecule has 0 heterocycles. The third kappa shape index (κ3) is 8.11. The molecule has 0 saturated heterocycles. The van der Waals surface area contributed by atoms with Gasteiger partial charge < -0.3 is 9.63 Å². The Balaban J connectivity index is 3.30. The van der Waals surface area contributed by atoms with E-state index in [0.717, 1.165) is 6.66 Å². The summed E-state index contributed by atoms with van der Waals surface area (Å²) in [6.45, 7) is 4.64. The van der Waals surface area contributed by atoms with Crippen LogP contribution in [0.25, 0.3) is 0 Å². The summed E-state index contributed by atoms with van der Waals surface area (Å²) in [4.78, 5) is 8.58. The van der Waals surface area contributed by atoms with Crippen LogP contribution in [0.15, 0.2) is 0 Å². The molecule has 0 spiro atoms. The maximum Gasteiger partial charge on any atom is 0.327 e. The van der Waals surface area contributed by atoms with E-state index >= 15 is 0 Å². The van der Waals surface area contributed by atoms with Gasteiger partial charge in [0, 0.05) is 6.66 Å². The van der Waals surface area contributed by atoms with E-state index in [9.17, 15) is 4.57 Å². The van der Waals surface area contributed by atoms with Crippen LogP contribution in [0, 0.1) is 0 Å². The molecule has 0 saturated carbocycles. The Hall–Kier alpha value is 0.110. The molecule has 0 radical (unpaired) electrons. The second-order valence-electron chi connectivity index (χ2n) is 2.27. The van der Waals surface area contributed by atoms with Crippen LogP contribution < -0.4 is 0 Å². The molecule has 0 amide bonds. The normalized spacial score (nSPS) is 17.3. The van der Waals surface area contributed by atoms with Crippen molar-refractivity contribution in [2.24, 2.45) is 0 Å². The quantitative estimate of drug-likeness (QED) is 0.506. The van der Waals surface area contributed by atoms with Crippen molar-refractivity contribution in [3.05, 3.63) is 0 Å². The minimum absolute atomic E-state index is 0.0200. The van der Waals surface area contributed by atoms with E-state index in [1.807, 2.05) is 13.8 Å². The second-order valence-corrected chi connectivity index (χ2v) is 4.13. The molecular formula is C5H13O4P. The molecule has 0 bridgehead atoms. The van der Waals surface area contributed by atoms with Crippen molar-refractivity contribution in [1.29, 1.82) is 0 Å². The summed E-state index contributed by atoms with van der Waals surface area (Å²) in [5.41, 5.74) is 0. The lowest BCUT2D eigenvalue weighted by atomic mass is 10.5. The molecule has 4 nitrogen and oxygen atoms in total. The molecule has 5 heteroatoms. The van der Waals surface area contributed by atoms with Gasteiger partial charge in [0.25, 0.3) is 0 Å². The maximum absolute atomic E-state index is 10.4. The van der Waals surface area contributed by atoms with E-state index in [1.165, 1.54) is 0 Å². The average Bonchev–Trinajstić information content (AvgIpc) is 1.59. The fraction of sp³-hybridized carbons (Fsp3) is 1.00. The van der Waals surface area contributed by atoms with Crippen LogP contribution in [0.1, 0.15) is 13.8 Å². The van der Waals surface area contributed by atoms with Crippen molar-refractivity contribution < 1.29 is 18.7 Å². The van der Waals surface area contributed by atoms with E-state index in [2.05, 4.69) is 4.52 Å². The molecule has 0 rings (SSSR count). The summed E-state index contributed by atoms with van der Waals surface area (Å²) in [7, 11) is -3.35. The van der Waals surface area contributed by atoms with Crippen LogP contribution in [0.5, 0.6) is 0 Å². The lowest BCUT2D eigenvalue weighted by Crippen LogP contribution is -2.05. The SMILES string of the molecule is CC(C)OCOP(C)(=O)O. The number of ether oxygens (including phenoxy) is 1. The fourth-order valence-corrected chi connectivity index (χ4v) is 0.521. The molecule has 0 aromatic carbocycles. The first kappa shape index (κ1) is 10.1. The Morgan fingerprint density at radius 1 is 1.60 bits per heavy atom. The van der Waals surface area contributed by atoms with E-state index in [0.29, 0.717) is 0 Å². The Labute approximate surface area is 60.7 Å². The summed E-state index contributed by atoms with van der Waals surface area (Å²) in [6, 6.07) is 0. The van der Waals surface area contributed by atoms with Crippen LogP contribution in [-0.2, 0) is 13.8 Å².